The number of hydrogen-bond donors (Lipinski definition) is 5. The lowest BCUT2D eigenvalue weighted by Crippen LogP contribution is -2.62. The number of nitrogens with zero attached hydrogens (tertiary/aromatic N) is 1. The third-order valence-corrected chi connectivity index (χ3v) is 6.43. The van der Waals surface area contributed by atoms with Gasteiger partial charge in [-0.25, -0.2) is 0 Å². The van der Waals surface area contributed by atoms with Crippen molar-refractivity contribution < 1.29 is 20.4 Å². The fraction of sp³-hybridized carbons (Fsp3) is 1.00. The molecule has 2 rings (SSSR count). The standard InChI is InChI=1S/C20H40N2O4/c1-2-15-9-5-6-10-16(15)21-11-7-3-4-8-12-22-13-18(24)20(26)19(25)17(22)14-23/h15-21,23-26H,2-14H2,1H3/t15?,16?,17?,18-,19?,20?/m0/s1. The largest absolute Gasteiger partial charge is 0.395 e. The van der Waals surface area contributed by atoms with Crippen LogP contribution in [0.2, 0.25) is 0 Å². The van der Waals surface area contributed by atoms with Crippen molar-refractivity contribution in [1.29, 1.82) is 0 Å². The lowest BCUT2D eigenvalue weighted by atomic mass is 9.83. The zero-order valence-corrected chi connectivity index (χ0v) is 16.4. The van der Waals surface area contributed by atoms with E-state index in [4.69, 9.17) is 0 Å². The van der Waals surface area contributed by atoms with Crippen molar-refractivity contribution in [2.75, 3.05) is 26.2 Å². The smallest absolute Gasteiger partial charge is 0.109 e. The van der Waals surface area contributed by atoms with Crippen LogP contribution in [0, 0.1) is 5.92 Å². The molecule has 5 unspecified atom stereocenters. The molecule has 0 bridgehead atoms. The Morgan fingerprint density at radius 1 is 0.962 bits per heavy atom. The van der Waals surface area contributed by atoms with Crippen LogP contribution in [0.5, 0.6) is 0 Å². The van der Waals surface area contributed by atoms with Crippen LogP contribution in [0.1, 0.15) is 64.7 Å². The van der Waals surface area contributed by atoms with E-state index in [2.05, 4.69) is 12.2 Å². The second-order valence-electron chi connectivity index (χ2n) is 8.22. The summed E-state index contributed by atoms with van der Waals surface area (Å²) in [4.78, 5) is 1.91. The number of β-amino-alcohol motifs (C(OH)–C–C–N with tert-alkyl or cyclic N) is 1. The number of likely N-dealkylation sites (tertiary alicyclic amines) is 1. The molecule has 6 nitrogen and oxygen atoms in total. The van der Waals surface area contributed by atoms with Crippen LogP contribution in [0.15, 0.2) is 0 Å². The highest BCUT2D eigenvalue weighted by molar-refractivity contribution is 4.94. The van der Waals surface area contributed by atoms with Gasteiger partial charge in [0.05, 0.1) is 18.8 Å². The Kier molecular flexibility index (Phi) is 9.81. The molecule has 6 heteroatoms. The van der Waals surface area contributed by atoms with Crippen molar-refractivity contribution in [2.24, 2.45) is 5.92 Å². The predicted octanol–water partition coefficient (Wildman–Crippen LogP) is 0.864. The van der Waals surface area contributed by atoms with Gasteiger partial charge in [0.15, 0.2) is 0 Å². The first-order valence-corrected chi connectivity index (χ1v) is 10.7. The lowest BCUT2D eigenvalue weighted by molar-refractivity contribution is -0.145. The van der Waals surface area contributed by atoms with Gasteiger partial charge in [-0.15, -0.1) is 0 Å². The molecular weight excluding hydrogens is 332 g/mol. The maximum atomic E-state index is 10.00. The summed E-state index contributed by atoms with van der Waals surface area (Å²) in [5, 5.41) is 42.8. The quantitative estimate of drug-likeness (QED) is 0.365. The summed E-state index contributed by atoms with van der Waals surface area (Å²) in [6.07, 6.45) is 7.98. The van der Waals surface area contributed by atoms with Gasteiger partial charge in [-0.2, -0.15) is 0 Å². The molecule has 0 aromatic rings. The van der Waals surface area contributed by atoms with Crippen molar-refractivity contribution in [3.63, 3.8) is 0 Å². The van der Waals surface area contributed by atoms with E-state index in [1.807, 2.05) is 4.90 Å². The average Bonchev–Trinajstić information content (AvgIpc) is 2.66. The van der Waals surface area contributed by atoms with Gasteiger partial charge in [-0.05, 0) is 44.7 Å². The Bertz CT molecular complexity index is 385. The summed E-state index contributed by atoms with van der Waals surface area (Å²) in [5.41, 5.74) is 0. The minimum Gasteiger partial charge on any atom is -0.395 e. The lowest BCUT2D eigenvalue weighted by Gasteiger charge is -2.43. The van der Waals surface area contributed by atoms with E-state index in [0.29, 0.717) is 12.6 Å². The summed E-state index contributed by atoms with van der Waals surface area (Å²) in [6.45, 7) is 4.24. The number of piperidine rings is 1. The van der Waals surface area contributed by atoms with Crippen LogP contribution in [0.3, 0.4) is 0 Å². The van der Waals surface area contributed by atoms with Crippen LogP contribution in [0.4, 0.5) is 0 Å². The third-order valence-electron chi connectivity index (χ3n) is 6.43. The molecule has 5 N–H and O–H groups in total. The maximum Gasteiger partial charge on any atom is 0.109 e. The second kappa shape index (κ2) is 11.6. The predicted molar refractivity (Wildman–Crippen MR) is 103 cm³/mol. The fourth-order valence-electron chi connectivity index (χ4n) is 4.68. The molecule has 0 radical (unpaired) electrons. The maximum absolute atomic E-state index is 10.00. The molecule has 1 aliphatic heterocycles. The molecule has 2 fully saturated rings. The van der Waals surface area contributed by atoms with E-state index in [1.165, 1.54) is 44.9 Å². The van der Waals surface area contributed by atoms with Crippen LogP contribution < -0.4 is 5.32 Å². The summed E-state index contributed by atoms with van der Waals surface area (Å²) >= 11 is 0. The van der Waals surface area contributed by atoms with Gasteiger partial charge in [0, 0.05) is 12.6 Å². The van der Waals surface area contributed by atoms with Crippen molar-refractivity contribution in [2.45, 2.75) is 95.1 Å². The highest BCUT2D eigenvalue weighted by atomic mass is 16.4. The minimum atomic E-state index is -1.17. The van der Waals surface area contributed by atoms with E-state index in [9.17, 15) is 20.4 Å². The van der Waals surface area contributed by atoms with E-state index in [1.54, 1.807) is 0 Å². The van der Waals surface area contributed by atoms with E-state index in [0.717, 1.165) is 31.8 Å². The highest BCUT2D eigenvalue weighted by Gasteiger charge is 2.40. The van der Waals surface area contributed by atoms with Gasteiger partial charge in [0.1, 0.15) is 12.2 Å². The number of nitrogens with one attached hydrogen (secondary N) is 1. The van der Waals surface area contributed by atoms with Gasteiger partial charge < -0.3 is 25.7 Å². The van der Waals surface area contributed by atoms with Gasteiger partial charge in [0.25, 0.3) is 0 Å². The first-order valence-electron chi connectivity index (χ1n) is 10.7. The SMILES string of the molecule is CCC1CCCCC1NCCCCCCN1C[C@H](O)C(O)C(O)C1CO. The molecular formula is C20H40N2O4. The summed E-state index contributed by atoms with van der Waals surface area (Å²) in [5.74, 6) is 0.853. The van der Waals surface area contributed by atoms with Crippen molar-refractivity contribution in [3.8, 4) is 0 Å². The molecule has 1 saturated carbocycles. The summed E-state index contributed by atoms with van der Waals surface area (Å²) in [7, 11) is 0. The van der Waals surface area contributed by atoms with Gasteiger partial charge >= 0.3 is 0 Å². The molecule has 0 spiro atoms. The summed E-state index contributed by atoms with van der Waals surface area (Å²) < 4.78 is 0. The number of unbranched alkanes of at least 4 members (excludes halogenated alkanes) is 3. The number of rotatable bonds is 10. The minimum absolute atomic E-state index is 0.200. The monoisotopic (exact) mass is 372 g/mol. The first-order chi connectivity index (χ1) is 12.6. The van der Waals surface area contributed by atoms with Gasteiger partial charge in [-0.3, -0.25) is 4.90 Å². The average molecular weight is 373 g/mol. The molecule has 0 aromatic heterocycles. The fourth-order valence-corrected chi connectivity index (χ4v) is 4.68. The van der Waals surface area contributed by atoms with E-state index >= 15 is 0 Å². The Labute approximate surface area is 158 Å². The number of aliphatic hydroxyl groups is 4. The van der Waals surface area contributed by atoms with Gasteiger partial charge in [0.2, 0.25) is 0 Å². The Hall–Kier alpha value is -0.240. The normalized spacial score (nSPS) is 36.3. The van der Waals surface area contributed by atoms with E-state index < -0.39 is 24.4 Å². The van der Waals surface area contributed by atoms with Gasteiger partial charge in [-0.1, -0.05) is 39.0 Å². The Balaban J connectivity index is 1.57. The molecule has 0 aromatic carbocycles. The van der Waals surface area contributed by atoms with E-state index in [-0.39, 0.29) is 6.61 Å². The van der Waals surface area contributed by atoms with Crippen molar-refractivity contribution in [3.05, 3.63) is 0 Å². The topological polar surface area (TPSA) is 96.2 Å². The van der Waals surface area contributed by atoms with Crippen LogP contribution in [-0.4, -0.2) is 82.0 Å². The molecule has 0 amide bonds. The molecule has 2 aliphatic rings. The van der Waals surface area contributed by atoms with Crippen LogP contribution >= 0.6 is 0 Å². The zero-order valence-electron chi connectivity index (χ0n) is 16.4. The molecule has 1 aliphatic carbocycles. The molecule has 1 saturated heterocycles. The number of hydrogen-bond acceptors (Lipinski definition) is 6. The zero-order chi connectivity index (χ0) is 18.9. The van der Waals surface area contributed by atoms with Crippen LogP contribution in [-0.2, 0) is 0 Å². The Morgan fingerprint density at radius 2 is 1.69 bits per heavy atom. The molecule has 26 heavy (non-hydrogen) atoms. The molecule has 1 heterocycles. The highest BCUT2D eigenvalue weighted by Crippen LogP contribution is 2.26. The number of aliphatic hydroxyl groups excluding tert-OH is 4. The molecule has 6 atom stereocenters. The summed E-state index contributed by atoms with van der Waals surface area (Å²) in [6, 6.07) is 0.231. The van der Waals surface area contributed by atoms with Crippen molar-refractivity contribution in [1.82, 2.24) is 10.2 Å². The molecule has 154 valence electrons. The third kappa shape index (κ3) is 6.14. The van der Waals surface area contributed by atoms with Crippen LogP contribution in [0.25, 0.3) is 0 Å². The Morgan fingerprint density at radius 3 is 2.42 bits per heavy atom. The first kappa shape index (κ1) is 22.1. The van der Waals surface area contributed by atoms with Crippen molar-refractivity contribution >= 4 is 0 Å². The second-order valence-corrected chi connectivity index (χ2v) is 8.22.